The summed E-state index contributed by atoms with van der Waals surface area (Å²) in [6.07, 6.45) is 0.668. The van der Waals surface area contributed by atoms with Crippen molar-refractivity contribution in [3.05, 3.63) is 57.0 Å². The van der Waals surface area contributed by atoms with Crippen molar-refractivity contribution in [2.75, 3.05) is 19.0 Å². The van der Waals surface area contributed by atoms with Gasteiger partial charge < -0.3 is 15.2 Å². The van der Waals surface area contributed by atoms with Crippen LogP contribution in [-0.4, -0.2) is 34.8 Å². The molecule has 0 bridgehead atoms. The van der Waals surface area contributed by atoms with E-state index in [4.69, 9.17) is 0 Å². The Hall–Kier alpha value is -3.09. The number of amides is 1. The van der Waals surface area contributed by atoms with Gasteiger partial charge in [0.15, 0.2) is 0 Å². The van der Waals surface area contributed by atoms with Gasteiger partial charge in [0.1, 0.15) is 5.65 Å². The molecule has 7 heteroatoms. The molecule has 1 amide bonds. The van der Waals surface area contributed by atoms with Crippen molar-refractivity contribution in [1.29, 1.82) is 0 Å². The molecule has 28 heavy (non-hydrogen) atoms. The lowest BCUT2D eigenvalue weighted by molar-refractivity contribution is -0.121. The van der Waals surface area contributed by atoms with Crippen LogP contribution >= 0.6 is 0 Å². The van der Waals surface area contributed by atoms with Crippen LogP contribution in [0.2, 0.25) is 0 Å². The lowest BCUT2D eigenvalue weighted by Crippen LogP contribution is -2.25. The van der Waals surface area contributed by atoms with Crippen LogP contribution in [0.25, 0.3) is 11.0 Å². The van der Waals surface area contributed by atoms with Crippen molar-refractivity contribution >= 4 is 22.6 Å². The normalized spacial score (nSPS) is 11.0. The minimum absolute atomic E-state index is 0.0708. The van der Waals surface area contributed by atoms with Gasteiger partial charge in [-0.1, -0.05) is 12.1 Å². The van der Waals surface area contributed by atoms with Crippen LogP contribution in [-0.2, 0) is 24.8 Å². The lowest BCUT2D eigenvalue weighted by atomic mass is 10.0. The van der Waals surface area contributed by atoms with E-state index >= 15 is 0 Å². The van der Waals surface area contributed by atoms with Crippen molar-refractivity contribution in [3.63, 3.8) is 0 Å². The van der Waals surface area contributed by atoms with E-state index in [1.54, 1.807) is 4.68 Å². The minimum atomic E-state index is -0.153. The second-order valence-electron chi connectivity index (χ2n) is 7.33. The average molecular weight is 381 g/mol. The number of aryl methyl sites for hydroxylation is 3. The molecule has 0 spiro atoms. The van der Waals surface area contributed by atoms with E-state index in [0.29, 0.717) is 18.5 Å². The van der Waals surface area contributed by atoms with E-state index in [0.717, 1.165) is 33.5 Å². The van der Waals surface area contributed by atoms with E-state index in [1.807, 2.05) is 64.2 Å². The Balaban J connectivity index is 1.64. The molecule has 0 aliphatic carbocycles. The number of hydrogen-bond donors (Lipinski definition) is 2. The van der Waals surface area contributed by atoms with E-state index in [-0.39, 0.29) is 17.9 Å². The molecule has 0 radical (unpaired) electrons. The minimum Gasteiger partial charge on any atom is -0.378 e. The van der Waals surface area contributed by atoms with Gasteiger partial charge in [0.05, 0.1) is 5.69 Å². The summed E-state index contributed by atoms with van der Waals surface area (Å²) < 4.78 is 1.68. The van der Waals surface area contributed by atoms with Crippen LogP contribution in [0.3, 0.4) is 0 Å². The van der Waals surface area contributed by atoms with Crippen molar-refractivity contribution in [1.82, 2.24) is 20.1 Å². The number of aromatic nitrogens is 3. The molecule has 0 saturated carbocycles. The zero-order valence-electron chi connectivity index (χ0n) is 17.1. The molecule has 148 valence electrons. The van der Waals surface area contributed by atoms with Crippen molar-refractivity contribution in [2.45, 2.75) is 33.2 Å². The summed E-state index contributed by atoms with van der Waals surface area (Å²) >= 11 is 0. The summed E-state index contributed by atoms with van der Waals surface area (Å²) in [6.45, 7) is 4.32. The van der Waals surface area contributed by atoms with E-state index in [1.165, 1.54) is 0 Å². The zero-order chi connectivity index (χ0) is 20.4. The lowest BCUT2D eigenvalue weighted by Gasteiger charge is -2.13. The molecule has 1 aromatic carbocycles. The number of rotatable bonds is 6. The van der Waals surface area contributed by atoms with Gasteiger partial charge >= 0.3 is 0 Å². The molecule has 3 rings (SSSR count). The number of hydrogen-bond acceptors (Lipinski definition) is 4. The fraction of sp³-hybridized carbons (Fsp3) is 0.381. The molecule has 0 aliphatic heterocycles. The van der Waals surface area contributed by atoms with E-state index in [2.05, 4.69) is 15.4 Å². The molecule has 0 unspecified atom stereocenters. The Morgan fingerprint density at radius 3 is 2.54 bits per heavy atom. The molecular formula is C21H27N5O2. The maximum Gasteiger partial charge on any atom is 0.253 e. The van der Waals surface area contributed by atoms with Gasteiger partial charge in [-0.2, -0.15) is 5.10 Å². The first-order valence-electron chi connectivity index (χ1n) is 9.36. The number of H-pyrrole nitrogens is 1. The fourth-order valence-corrected chi connectivity index (χ4v) is 3.50. The van der Waals surface area contributed by atoms with Gasteiger partial charge in [0.2, 0.25) is 5.91 Å². The van der Waals surface area contributed by atoms with Gasteiger partial charge in [-0.05, 0) is 43.5 Å². The smallest absolute Gasteiger partial charge is 0.253 e. The van der Waals surface area contributed by atoms with Crippen LogP contribution in [0.4, 0.5) is 5.69 Å². The largest absolute Gasteiger partial charge is 0.378 e. The number of nitrogens with zero attached hydrogens (tertiary/aromatic N) is 3. The second-order valence-corrected chi connectivity index (χ2v) is 7.33. The highest BCUT2D eigenvalue weighted by Crippen LogP contribution is 2.21. The van der Waals surface area contributed by atoms with Gasteiger partial charge in [-0.25, -0.2) is 0 Å². The molecule has 0 saturated heterocycles. The molecule has 7 nitrogen and oxygen atoms in total. The SMILES string of the molecule is Cc1nn(C)c2[nH]c(=O)c(CCC(=O)NCc3ccc(N(C)C)cc3)c(C)c12. The number of pyridine rings is 1. The second kappa shape index (κ2) is 7.88. The summed E-state index contributed by atoms with van der Waals surface area (Å²) in [5.41, 5.74) is 5.14. The molecule has 2 aromatic heterocycles. The number of carbonyl (C=O) groups is 1. The molecule has 3 aromatic rings. The maximum absolute atomic E-state index is 12.5. The summed E-state index contributed by atoms with van der Waals surface area (Å²) in [7, 11) is 5.79. The van der Waals surface area contributed by atoms with Gasteiger partial charge in [0, 0.05) is 50.7 Å². The highest BCUT2D eigenvalue weighted by Gasteiger charge is 2.15. The van der Waals surface area contributed by atoms with Crippen LogP contribution in [0.5, 0.6) is 0 Å². The highest BCUT2D eigenvalue weighted by atomic mass is 16.1. The summed E-state index contributed by atoms with van der Waals surface area (Å²) in [4.78, 5) is 29.7. The molecule has 0 atom stereocenters. The number of anilines is 1. The first kappa shape index (κ1) is 19.7. The third kappa shape index (κ3) is 3.93. The Kier molecular flexibility index (Phi) is 5.53. The van der Waals surface area contributed by atoms with Crippen molar-refractivity contribution in [2.24, 2.45) is 7.05 Å². The average Bonchev–Trinajstić information content (AvgIpc) is 2.93. The third-order valence-corrected chi connectivity index (χ3v) is 5.10. The molecule has 0 aliphatic rings. The standard InChI is InChI=1S/C21H27N5O2/c1-13-17(21(28)23-20-19(13)14(2)24-26(20)5)10-11-18(27)22-12-15-6-8-16(9-7-15)25(3)4/h6-9H,10-12H2,1-5H3,(H,22,27)(H,23,28). The Labute approximate surface area is 164 Å². The number of carbonyl (C=O) groups excluding carboxylic acids is 1. The van der Waals surface area contributed by atoms with E-state index in [9.17, 15) is 9.59 Å². The Bertz CT molecular complexity index is 1060. The molecule has 0 fully saturated rings. The number of aromatic amines is 1. The first-order valence-corrected chi connectivity index (χ1v) is 9.36. The van der Waals surface area contributed by atoms with Crippen LogP contribution in [0, 0.1) is 13.8 Å². The first-order chi connectivity index (χ1) is 13.3. The predicted molar refractivity (Wildman–Crippen MR) is 112 cm³/mol. The number of fused-ring (bicyclic) bond motifs is 1. The van der Waals surface area contributed by atoms with Crippen molar-refractivity contribution in [3.8, 4) is 0 Å². The Morgan fingerprint density at radius 1 is 1.21 bits per heavy atom. The van der Waals surface area contributed by atoms with Crippen LogP contribution < -0.4 is 15.8 Å². The third-order valence-electron chi connectivity index (χ3n) is 5.10. The Morgan fingerprint density at radius 2 is 1.89 bits per heavy atom. The number of nitrogens with one attached hydrogen (secondary N) is 2. The van der Waals surface area contributed by atoms with Gasteiger partial charge in [-0.3, -0.25) is 14.3 Å². The van der Waals surface area contributed by atoms with Gasteiger partial charge in [-0.15, -0.1) is 0 Å². The molecule has 2 heterocycles. The fourth-order valence-electron chi connectivity index (χ4n) is 3.50. The molecule has 2 N–H and O–H groups in total. The summed E-state index contributed by atoms with van der Waals surface area (Å²) in [5, 5.41) is 8.26. The quantitative estimate of drug-likeness (QED) is 0.686. The maximum atomic E-state index is 12.5. The van der Waals surface area contributed by atoms with Crippen LogP contribution in [0.15, 0.2) is 29.1 Å². The molecular weight excluding hydrogens is 354 g/mol. The monoisotopic (exact) mass is 381 g/mol. The predicted octanol–water partition coefficient (Wildman–Crippen LogP) is 2.19. The highest BCUT2D eigenvalue weighted by molar-refractivity contribution is 5.83. The summed E-state index contributed by atoms with van der Waals surface area (Å²) in [5.74, 6) is -0.0708. The van der Waals surface area contributed by atoms with Crippen LogP contribution in [0.1, 0.15) is 28.8 Å². The topological polar surface area (TPSA) is 83.0 Å². The summed E-state index contributed by atoms with van der Waals surface area (Å²) in [6, 6.07) is 8.05. The zero-order valence-corrected chi connectivity index (χ0v) is 17.1. The number of benzene rings is 1. The van der Waals surface area contributed by atoms with Gasteiger partial charge in [0.25, 0.3) is 5.56 Å². The van der Waals surface area contributed by atoms with E-state index < -0.39 is 0 Å². The van der Waals surface area contributed by atoms with Crippen molar-refractivity contribution < 1.29 is 4.79 Å².